The molecule has 5 nitrogen and oxygen atoms in total. The number of carbonyl (C=O) groups excluding carboxylic acids is 1. The molecule has 0 atom stereocenters. The predicted octanol–water partition coefficient (Wildman–Crippen LogP) is 1.92. The average Bonchev–Trinajstić information content (AvgIpc) is 2.40. The number of esters is 1. The largest absolute Gasteiger partial charge is 0.500 e. The van der Waals surface area contributed by atoms with E-state index in [4.69, 9.17) is 13.3 Å². The van der Waals surface area contributed by atoms with Crippen LogP contribution in [0.15, 0.2) is 12.2 Å². The van der Waals surface area contributed by atoms with Gasteiger partial charge in [-0.3, -0.25) is 0 Å². The normalized spacial score (nSPS) is 10.3. The van der Waals surface area contributed by atoms with Crippen molar-refractivity contribution in [3.05, 3.63) is 12.2 Å². The van der Waals surface area contributed by atoms with Gasteiger partial charge >= 0.3 is 14.8 Å². The van der Waals surface area contributed by atoms with E-state index in [9.17, 15) is 4.79 Å². The van der Waals surface area contributed by atoms with Crippen molar-refractivity contribution in [2.45, 2.75) is 19.4 Å². The van der Waals surface area contributed by atoms with E-state index in [1.165, 1.54) is 7.11 Å². The van der Waals surface area contributed by atoms with Crippen molar-refractivity contribution in [1.29, 1.82) is 0 Å². The third-order valence-electron chi connectivity index (χ3n) is 2.11. The summed E-state index contributed by atoms with van der Waals surface area (Å²) >= 11 is 4.10. The number of hydrogen-bond acceptors (Lipinski definition) is 6. The fourth-order valence-corrected chi connectivity index (χ4v) is 3.20. The summed E-state index contributed by atoms with van der Waals surface area (Å²) in [5, 5.41) is 0. The van der Waals surface area contributed by atoms with Gasteiger partial charge in [0.25, 0.3) is 0 Å². The van der Waals surface area contributed by atoms with E-state index in [0.29, 0.717) is 5.57 Å². The Balaban J connectivity index is 0. The van der Waals surface area contributed by atoms with Gasteiger partial charge in [0.05, 0.1) is 7.11 Å². The Morgan fingerprint density at radius 3 is 1.78 bits per heavy atom. The van der Waals surface area contributed by atoms with Gasteiger partial charge in [-0.05, 0) is 19.1 Å². The van der Waals surface area contributed by atoms with E-state index < -0.39 is 8.80 Å². The molecule has 7 heteroatoms. The monoisotopic (exact) mass is 296 g/mol. The Kier molecular flexibility index (Phi) is 13.0. The number of carbonyl (C=O) groups is 1. The van der Waals surface area contributed by atoms with Gasteiger partial charge in [-0.15, -0.1) is 0 Å². The van der Waals surface area contributed by atoms with Crippen molar-refractivity contribution in [3.63, 3.8) is 0 Å². The second-order valence-corrected chi connectivity index (χ2v) is 6.93. The molecule has 0 rings (SSSR count). The third-order valence-corrected chi connectivity index (χ3v) is 5.26. The van der Waals surface area contributed by atoms with Crippen molar-refractivity contribution in [2.24, 2.45) is 0 Å². The van der Waals surface area contributed by atoms with Gasteiger partial charge < -0.3 is 18.0 Å². The van der Waals surface area contributed by atoms with Crippen LogP contribution in [-0.4, -0.2) is 49.0 Å². The minimum absolute atomic E-state index is 0.347. The van der Waals surface area contributed by atoms with Crippen LogP contribution in [0, 0.1) is 0 Å². The van der Waals surface area contributed by atoms with Crippen LogP contribution in [0.4, 0.5) is 0 Å². The fraction of sp³-hybridized carbons (Fsp3) is 0.727. The first-order valence-corrected chi connectivity index (χ1v) is 7.99. The van der Waals surface area contributed by atoms with Crippen molar-refractivity contribution >= 4 is 27.4 Å². The number of ether oxygens (including phenoxy) is 1. The van der Waals surface area contributed by atoms with E-state index in [-0.39, 0.29) is 5.97 Å². The number of methoxy groups -OCH3 is 1. The molecule has 0 aromatic carbocycles. The average molecular weight is 296 g/mol. The number of thiol groups is 1. The minimum atomic E-state index is -2.29. The Bertz CT molecular complexity index is 235. The molecule has 0 aliphatic rings. The lowest BCUT2D eigenvalue weighted by molar-refractivity contribution is -0.136. The minimum Gasteiger partial charge on any atom is -0.466 e. The van der Waals surface area contributed by atoms with E-state index >= 15 is 0 Å². The van der Waals surface area contributed by atoms with E-state index in [0.717, 1.165) is 18.2 Å². The highest BCUT2D eigenvalue weighted by Crippen LogP contribution is 2.14. The first-order valence-electron chi connectivity index (χ1n) is 5.43. The maximum Gasteiger partial charge on any atom is 0.500 e. The molecule has 0 amide bonds. The molecule has 0 saturated carbocycles. The maximum absolute atomic E-state index is 10.2. The molecule has 0 aliphatic carbocycles. The van der Waals surface area contributed by atoms with Crippen LogP contribution >= 0.6 is 12.6 Å². The molecule has 0 fully saturated rings. The second kappa shape index (κ2) is 11.7. The zero-order chi connectivity index (χ0) is 14.6. The standard InChI is InChI=1S/C6H16O3SSi.C5H8O2/c1-7-11(8-2,9-3)6-4-5-10;1-4(2)5(6)7-3/h10H,4-6H2,1-3H3;1H2,2-3H3. The summed E-state index contributed by atoms with van der Waals surface area (Å²) in [5.74, 6) is 0.491. The van der Waals surface area contributed by atoms with Gasteiger partial charge in [0, 0.05) is 32.9 Å². The first-order chi connectivity index (χ1) is 8.42. The molecule has 0 radical (unpaired) electrons. The van der Waals surface area contributed by atoms with Gasteiger partial charge in [-0.25, -0.2) is 4.79 Å². The van der Waals surface area contributed by atoms with Gasteiger partial charge in [0.15, 0.2) is 0 Å². The summed E-state index contributed by atoms with van der Waals surface area (Å²) in [5.41, 5.74) is 0.433. The van der Waals surface area contributed by atoms with Crippen LogP contribution in [0.1, 0.15) is 13.3 Å². The lowest BCUT2D eigenvalue weighted by atomic mass is 10.4. The molecule has 0 aliphatic heterocycles. The summed E-state index contributed by atoms with van der Waals surface area (Å²) in [6, 6.07) is 0.833. The molecule has 0 saturated heterocycles. The van der Waals surface area contributed by atoms with Crippen molar-refractivity contribution in [3.8, 4) is 0 Å². The first kappa shape index (κ1) is 20.0. The molecule has 18 heavy (non-hydrogen) atoms. The summed E-state index contributed by atoms with van der Waals surface area (Å²) < 4.78 is 19.9. The van der Waals surface area contributed by atoms with Crippen molar-refractivity contribution in [1.82, 2.24) is 0 Å². The fourth-order valence-electron chi connectivity index (χ4n) is 1.03. The van der Waals surface area contributed by atoms with Crippen LogP contribution in [0.5, 0.6) is 0 Å². The predicted molar refractivity (Wildman–Crippen MR) is 76.9 cm³/mol. The lowest BCUT2D eigenvalue weighted by Crippen LogP contribution is -2.42. The van der Waals surface area contributed by atoms with E-state index in [2.05, 4.69) is 23.9 Å². The molecule has 0 N–H and O–H groups in total. The maximum atomic E-state index is 10.2. The summed E-state index contributed by atoms with van der Waals surface area (Å²) in [7, 11) is 3.91. The highest BCUT2D eigenvalue weighted by atomic mass is 32.1. The Hall–Kier alpha value is -0.343. The molecule has 0 heterocycles. The highest BCUT2D eigenvalue weighted by Gasteiger charge is 2.36. The van der Waals surface area contributed by atoms with Gasteiger partial charge in [0.1, 0.15) is 0 Å². The van der Waals surface area contributed by atoms with Crippen molar-refractivity contribution < 1.29 is 22.8 Å². The van der Waals surface area contributed by atoms with Gasteiger partial charge in [-0.1, -0.05) is 6.58 Å². The third kappa shape index (κ3) is 8.70. The Morgan fingerprint density at radius 1 is 1.17 bits per heavy atom. The van der Waals surface area contributed by atoms with E-state index in [1.54, 1.807) is 28.3 Å². The molecule has 0 bridgehead atoms. The SMILES string of the molecule is C=C(C)C(=O)OC.CO[Si](CCCS)(OC)OC. The summed E-state index contributed by atoms with van der Waals surface area (Å²) in [6.07, 6.45) is 0.963. The smallest absolute Gasteiger partial charge is 0.466 e. The van der Waals surface area contributed by atoms with E-state index in [1.807, 2.05) is 0 Å². The quantitative estimate of drug-likeness (QED) is 0.337. The zero-order valence-corrected chi connectivity index (χ0v) is 13.7. The summed E-state index contributed by atoms with van der Waals surface area (Å²) in [6.45, 7) is 4.95. The topological polar surface area (TPSA) is 54.0 Å². The Labute approximate surface area is 116 Å². The van der Waals surface area contributed by atoms with Gasteiger partial charge in [0.2, 0.25) is 0 Å². The lowest BCUT2D eigenvalue weighted by Gasteiger charge is -2.23. The molecule has 0 spiro atoms. The molecular formula is C11H24O5SSi. The van der Waals surface area contributed by atoms with Crippen LogP contribution in [0.2, 0.25) is 6.04 Å². The highest BCUT2D eigenvalue weighted by molar-refractivity contribution is 7.80. The molecular weight excluding hydrogens is 272 g/mol. The molecule has 0 aromatic rings. The van der Waals surface area contributed by atoms with Crippen LogP contribution in [-0.2, 0) is 22.8 Å². The van der Waals surface area contributed by atoms with Crippen LogP contribution in [0.3, 0.4) is 0 Å². The molecule has 108 valence electrons. The van der Waals surface area contributed by atoms with Crippen LogP contribution < -0.4 is 0 Å². The van der Waals surface area contributed by atoms with Crippen LogP contribution in [0.25, 0.3) is 0 Å². The number of hydrogen-bond donors (Lipinski definition) is 1. The van der Waals surface area contributed by atoms with Crippen molar-refractivity contribution in [2.75, 3.05) is 34.2 Å². The molecule has 0 unspecified atom stereocenters. The molecule has 0 aromatic heterocycles. The summed E-state index contributed by atoms with van der Waals surface area (Å²) in [4.78, 5) is 10.2. The van der Waals surface area contributed by atoms with Gasteiger partial charge in [-0.2, -0.15) is 12.6 Å². The second-order valence-electron chi connectivity index (χ2n) is 3.39. The Morgan fingerprint density at radius 2 is 1.61 bits per heavy atom. The number of rotatable bonds is 7. The zero-order valence-electron chi connectivity index (χ0n) is 11.8.